The summed E-state index contributed by atoms with van der Waals surface area (Å²) >= 11 is 0. The summed E-state index contributed by atoms with van der Waals surface area (Å²) in [6, 6.07) is 16.3. The van der Waals surface area contributed by atoms with E-state index in [9.17, 15) is 10.1 Å². The average Bonchev–Trinajstić information content (AvgIpc) is 2.97. The molecule has 1 heterocycles. The third kappa shape index (κ3) is 2.94. The van der Waals surface area contributed by atoms with E-state index in [1.807, 2.05) is 30.3 Å². The second kappa shape index (κ2) is 5.54. The minimum absolute atomic E-state index is 0.0464. The van der Waals surface area contributed by atoms with Gasteiger partial charge in [0.2, 0.25) is 0 Å². The third-order valence-corrected chi connectivity index (χ3v) is 3.08. The van der Waals surface area contributed by atoms with Crippen molar-refractivity contribution in [3.63, 3.8) is 0 Å². The van der Waals surface area contributed by atoms with Gasteiger partial charge in [0.15, 0.2) is 0 Å². The van der Waals surface area contributed by atoms with Gasteiger partial charge in [0.05, 0.1) is 17.7 Å². The second-order valence-corrected chi connectivity index (χ2v) is 4.59. The molecule has 0 fully saturated rings. The number of nitrogens with zero attached hydrogens (tertiary/aromatic N) is 4. The van der Waals surface area contributed by atoms with Crippen molar-refractivity contribution in [2.75, 3.05) is 0 Å². The SMILES string of the molecule is O=[N+]([O-])c1cccc(-c2cn(Cc3ccccc3)nn2)c1. The second-order valence-electron chi connectivity index (χ2n) is 4.59. The first kappa shape index (κ1) is 13.0. The van der Waals surface area contributed by atoms with Crippen LogP contribution >= 0.6 is 0 Å². The Labute approximate surface area is 120 Å². The lowest BCUT2D eigenvalue weighted by atomic mass is 10.1. The Balaban J connectivity index is 1.85. The van der Waals surface area contributed by atoms with Crippen molar-refractivity contribution in [1.82, 2.24) is 15.0 Å². The quantitative estimate of drug-likeness (QED) is 0.544. The molecule has 0 radical (unpaired) electrons. The Kier molecular flexibility index (Phi) is 3.42. The first-order chi connectivity index (χ1) is 10.2. The fourth-order valence-corrected chi connectivity index (χ4v) is 2.06. The number of non-ortho nitro benzene ring substituents is 1. The molecule has 0 bridgehead atoms. The number of nitro benzene ring substituents is 1. The van der Waals surface area contributed by atoms with E-state index in [2.05, 4.69) is 10.3 Å². The van der Waals surface area contributed by atoms with E-state index < -0.39 is 4.92 Å². The van der Waals surface area contributed by atoms with Crippen LogP contribution < -0.4 is 0 Å². The van der Waals surface area contributed by atoms with E-state index in [0.717, 1.165) is 5.56 Å². The van der Waals surface area contributed by atoms with Crippen LogP contribution in [0.3, 0.4) is 0 Å². The minimum Gasteiger partial charge on any atom is -0.258 e. The molecule has 3 rings (SSSR count). The molecule has 2 aromatic carbocycles. The van der Waals surface area contributed by atoms with Crippen LogP contribution in [0.2, 0.25) is 0 Å². The van der Waals surface area contributed by atoms with Gasteiger partial charge in [-0.05, 0) is 5.56 Å². The van der Waals surface area contributed by atoms with E-state index in [1.54, 1.807) is 23.0 Å². The van der Waals surface area contributed by atoms with Crippen LogP contribution in [-0.2, 0) is 6.54 Å². The molecule has 0 N–H and O–H groups in total. The smallest absolute Gasteiger partial charge is 0.258 e. The zero-order valence-electron chi connectivity index (χ0n) is 11.1. The molecule has 0 aliphatic rings. The predicted octanol–water partition coefficient (Wildman–Crippen LogP) is 2.90. The first-order valence-electron chi connectivity index (χ1n) is 6.41. The molecule has 0 aliphatic carbocycles. The van der Waals surface area contributed by atoms with Crippen molar-refractivity contribution in [3.8, 4) is 11.3 Å². The Bertz CT molecular complexity index is 768. The Morgan fingerprint density at radius 1 is 1.10 bits per heavy atom. The summed E-state index contributed by atoms with van der Waals surface area (Å²) in [6.45, 7) is 0.614. The Morgan fingerprint density at radius 3 is 2.67 bits per heavy atom. The number of rotatable bonds is 4. The van der Waals surface area contributed by atoms with E-state index in [1.165, 1.54) is 12.1 Å². The van der Waals surface area contributed by atoms with Crippen LogP contribution in [0.5, 0.6) is 0 Å². The molecular weight excluding hydrogens is 268 g/mol. The highest BCUT2D eigenvalue weighted by molar-refractivity contribution is 5.61. The number of benzene rings is 2. The summed E-state index contributed by atoms with van der Waals surface area (Å²) in [5.74, 6) is 0. The van der Waals surface area contributed by atoms with Gasteiger partial charge in [-0.1, -0.05) is 47.7 Å². The van der Waals surface area contributed by atoms with Crippen molar-refractivity contribution in [2.24, 2.45) is 0 Å². The predicted molar refractivity (Wildman–Crippen MR) is 77.7 cm³/mol. The molecular formula is C15H12N4O2. The molecule has 6 heteroatoms. The zero-order chi connectivity index (χ0) is 14.7. The summed E-state index contributed by atoms with van der Waals surface area (Å²) < 4.78 is 1.71. The molecule has 104 valence electrons. The van der Waals surface area contributed by atoms with Gasteiger partial charge in [-0.15, -0.1) is 5.10 Å². The summed E-state index contributed by atoms with van der Waals surface area (Å²) in [4.78, 5) is 10.4. The van der Waals surface area contributed by atoms with Gasteiger partial charge in [0, 0.05) is 17.7 Å². The van der Waals surface area contributed by atoms with Crippen molar-refractivity contribution in [1.29, 1.82) is 0 Å². The monoisotopic (exact) mass is 280 g/mol. The highest BCUT2D eigenvalue weighted by Gasteiger charge is 2.09. The summed E-state index contributed by atoms with van der Waals surface area (Å²) in [5.41, 5.74) is 2.47. The molecule has 0 amide bonds. The van der Waals surface area contributed by atoms with Crippen LogP contribution in [0.1, 0.15) is 5.56 Å². The summed E-state index contributed by atoms with van der Waals surface area (Å²) in [7, 11) is 0. The van der Waals surface area contributed by atoms with E-state index in [4.69, 9.17) is 0 Å². The fourth-order valence-electron chi connectivity index (χ4n) is 2.06. The molecule has 0 aliphatic heterocycles. The first-order valence-corrected chi connectivity index (χ1v) is 6.41. The van der Waals surface area contributed by atoms with Gasteiger partial charge >= 0.3 is 0 Å². The van der Waals surface area contributed by atoms with Crippen LogP contribution in [0, 0.1) is 10.1 Å². The molecule has 0 atom stereocenters. The Morgan fingerprint density at radius 2 is 1.90 bits per heavy atom. The maximum Gasteiger partial charge on any atom is 0.270 e. The van der Waals surface area contributed by atoms with Gasteiger partial charge in [-0.25, -0.2) is 4.68 Å². The van der Waals surface area contributed by atoms with E-state index >= 15 is 0 Å². The fraction of sp³-hybridized carbons (Fsp3) is 0.0667. The van der Waals surface area contributed by atoms with Crippen LogP contribution in [0.25, 0.3) is 11.3 Å². The lowest BCUT2D eigenvalue weighted by molar-refractivity contribution is -0.384. The summed E-state index contributed by atoms with van der Waals surface area (Å²) in [6.07, 6.45) is 1.78. The average molecular weight is 280 g/mol. The summed E-state index contributed by atoms with van der Waals surface area (Å²) in [5, 5.41) is 18.9. The third-order valence-electron chi connectivity index (χ3n) is 3.08. The van der Waals surface area contributed by atoms with Gasteiger partial charge < -0.3 is 0 Å². The largest absolute Gasteiger partial charge is 0.270 e. The maximum atomic E-state index is 10.8. The van der Waals surface area contributed by atoms with Gasteiger partial charge in [0.1, 0.15) is 5.69 Å². The van der Waals surface area contributed by atoms with Crippen LogP contribution in [-0.4, -0.2) is 19.9 Å². The van der Waals surface area contributed by atoms with E-state index in [-0.39, 0.29) is 5.69 Å². The number of nitro groups is 1. The molecule has 0 saturated carbocycles. The molecule has 0 saturated heterocycles. The van der Waals surface area contributed by atoms with Gasteiger partial charge in [-0.3, -0.25) is 10.1 Å². The molecule has 0 spiro atoms. The highest BCUT2D eigenvalue weighted by Crippen LogP contribution is 2.21. The van der Waals surface area contributed by atoms with Crippen LogP contribution in [0.4, 0.5) is 5.69 Å². The lowest BCUT2D eigenvalue weighted by Gasteiger charge is -1.99. The van der Waals surface area contributed by atoms with Crippen molar-refractivity contribution in [2.45, 2.75) is 6.54 Å². The van der Waals surface area contributed by atoms with Gasteiger partial charge in [-0.2, -0.15) is 0 Å². The maximum absolute atomic E-state index is 10.8. The standard InChI is InChI=1S/C15H12N4O2/c20-19(21)14-8-4-7-13(9-14)15-11-18(17-16-15)10-12-5-2-1-3-6-12/h1-9,11H,10H2. The highest BCUT2D eigenvalue weighted by atomic mass is 16.6. The van der Waals surface area contributed by atoms with Crippen molar-refractivity contribution in [3.05, 3.63) is 76.5 Å². The normalized spacial score (nSPS) is 10.5. The van der Waals surface area contributed by atoms with E-state index in [0.29, 0.717) is 17.8 Å². The lowest BCUT2D eigenvalue weighted by Crippen LogP contribution is -1.99. The molecule has 6 nitrogen and oxygen atoms in total. The molecule has 21 heavy (non-hydrogen) atoms. The van der Waals surface area contributed by atoms with Crippen LogP contribution in [0.15, 0.2) is 60.8 Å². The Hall–Kier alpha value is -3.02. The van der Waals surface area contributed by atoms with Crippen molar-refractivity contribution >= 4 is 5.69 Å². The molecule has 0 unspecified atom stereocenters. The number of hydrogen-bond donors (Lipinski definition) is 0. The zero-order valence-corrected chi connectivity index (χ0v) is 11.1. The number of hydrogen-bond acceptors (Lipinski definition) is 4. The minimum atomic E-state index is -0.419. The molecule has 3 aromatic rings. The topological polar surface area (TPSA) is 73.8 Å². The van der Waals surface area contributed by atoms with Gasteiger partial charge in [0.25, 0.3) is 5.69 Å². The molecule has 1 aromatic heterocycles. The van der Waals surface area contributed by atoms with Crippen molar-refractivity contribution < 1.29 is 4.92 Å². The number of aromatic nitrogens is 3.